The minimum atomic E-state index is -3.79. The number of hydrogen-bond donors (Lipinski definition) is 3. The zero-order valence-corrected chi connectivity index (χ0v) is 18.7. The Morgan fingerprint density at radius 2 is 1.47 bits per heavy atom. The quantitative estimate of drug-likeness (QED) is 0.485. The molecule has 0 radical (unpaired) electrons. The van der Waals surface area contributed by atoms with Gasteiger partial charge in [0.25, 0.3) is 15.9 Å². The molecule has 3 aromatic carbocycles. The second-order valence-electron chi connectivity index (χ2n) is 7.19. The van der Waals surface area contributed by atoms with Gasteiger partial charge in [0.15, 0.2) is 0 Å². The van der Waals surface area contributed by atoms with Crippen LogP contribution in [-0.2, 0) is 21.2 Å². The van der Waals surface area contributed by atoms with E-state index >= 15 is 0 Å². The smallest absolute Gasteiger partial charge is 0.261 e. The van der Waals surface area contributed by atoms with E-state index in [1.165, 1.54) is 24.3 Å². The molecule has 0 spiro atoms. The van der Waals surface area contributed by atoms with Crippen molar-refractivity contribution in [3.8, 4) is 0 Å². The van der Waals surface area contributed by atoms with Crippen molar-refractivity contribution in [2.75, 3.05) is 16.6 Å². The van der Waals surface area contributed by atoms with E-state index in [4.69, 9.17) is 0 Å². The minimum Gasteiger partial charge on any atom is -0.343 e. The van der Waals surface area contributed by atoms with Crippen LogP contribution < -0.4 is 15.4 Å². The fourth-order valence-corrected chi connectivity index (χ4v) is 4.21. The molecular formula is C24H25N3O4S. The molecule has 2 amide bonds. The summed E-state index contributed by atoms with van der Waals surface area (Å²) in [5.41, 5.74) is 3.26. The number of aryl methyl sites for hydroxylation is 2. The molecule has 0 heterocycles. The monoisotopic (exact) mass is 451 g/mol. The van der Waals surface area contributed by atoms with Crippen LogP contribution in [0.1, 0.15) is 28.4 Å². The van der Waals surface area contributed by atoms with Gasteiger partial charge in [0, 0.05) is 11.3 Å². The molecule has 0 aliphatic rings. The molecule has 0 saturated carbocycles. The van der Waals surface area contributed by atoms with E-state index in [1.807, 2.05) is 50.2 Å². The van der Waals surface area contributed by atoms with E-state index in [2.05, 4.69) is 15.4 Å². The van der Waals surface area contributed by atoms with Crippen LogP contribution >= 0.6 is 0 Å². The number of benzene rings is 3. The first-order valence-electron chi connectivity index (χ1n) is 10.1. The first kappa shape index (κ1) is 23.0. The van der Waals surface area contributed by atoms with E-state index in [9.17, 15) is 18.0 Å². The predicted octanol–water partition coefficient (Wildman–Crippen LogP) is 3.73. The summed E-state index contributed by atoms with van der Waals surface area (Å²) in [5, 5.41) is 5.33. The molecule has 7 nitrogen and oxygen atoms in total. The van der Waals surface area contributed by atoms with Crippen molar-refractivity contribution in [1.82, 2.24) is 5.32 Å². The van der Waals surface area contributed by atoms with E-state index in [0.29, 0.717) is 11.4 Å². The maximum Gasteiger partial charge on any atom is 0.261 e. The van der Waals surface area contributed by atoms with Crippen LogP contribution in [0.4, 0.5) is 11.4 Å². The Labute approximate surface area is 187 Å². The topological polar surface area (TPSA) is 104 Å². The van der Waals surface area contributed by atoms with E-state index < -0.39 is 15.9 Å². The summed E-state index contributed by atoms with van der Waals surface area (Å²) in [6.07, 6.45) is 0.775. The van der Waals surface area contributed by atoms with Crippen molar-refractivity contribution in [1.29, 1.82) is 0 Å². The highest BCUT2D eigenvalue weighted by Gasteiger charge is 2.16. The fourth-order valence-electron chi connectivity index (χ4n) is 3.08. The molecule has 0 aromatic heterocycles. The SMILES string of the molecule is CCc1ccccc1NC(=O)CNC(=O)c1ccc(S(=O)(=O)Nc2ccccc2C)cc1. The maximum absolute atomic E-state index is 12.6. The summed E-state index contributed by atoms with van der Waals surface area (Å²) in [4.78, 5) is 24.6. The standard InChI is InChI=1S/C24H25N3O4S/c1-3-18-9-5-7-11-22(18)26-23(28)16-25-24(29)19-12-14-20(15-13-19)32(30,31)27-21-10-6-4-8-17(21)2/h4-15,27H,3,16H2,1-2H3,(H,25,29)(H,26,28). The largest absolute Gasteiger partial charge is 0.343 e. The molecule has 3 rings (SSSR count). The van der Waals surface area contributed by atoms with Crippen molar-refractivity contribution in [2.45, 2.75) is 25.2 Å². The fraction of sp³-hybridized carbons (Fsp3) is 0.167. The van der Waals surface area contributed by atoms with Gasteiger partial charge in [-0.1, -0.05) is 43.3 Å². The van der Waals surface area contributed by atoms with Gasteiger partial charge in [-0.05, 0) is 60.9 Å². The highest BCUT2D eigenvalue weighted by atomic mass is 32.2. The molecule has 0 unspecified atom stereocenters. The number of amides is 2. The summed E-state index contributed by atoms with van der Waals surface area (Å²) in [5.74, 6) is -0.819. The second-order valence-corrected chi connectivity index (χ2v) is 8.87. The molecular weight excluding hydrogens is 426 g/mol. The van der Waals surface area contributed by atoms with Crippen LogP contribution in [0.3, 0.4) is 0 Å². The Hall–Kier alpha value is -3.65. The van der Waals surface area contributed by atoms with Crippen LogP contribution in [0, 0.1) is 6.92 Å². The van der Waals surface area contributed by atoms with Crippen molar-refractivity contribution in [3.05, 3.63) is 89.5 Å². The van der Waals surface area contributed by atoms with Crippen LogP contribution in [-0.4, -0.2) is 26.8 Å². The molecule has 3 N–H and O–H groups in total. The van der Waals surface area contributed by atoms with Gasteiger partial charge in [0.05, 0.1) is 17.1 Å². The molecule has 0 fully saturated rings. The summed E-state index contributed by atoms with van der Waals surface area (Å²) >= 11 is 0. The van der Waals surface area contributed by atoms with Gasteiger partial charge in [-0.15, -0.1) is 0 Å². The summed E-state index contributed by atoms with van der Waals surface area (Å²) < 4.78 is 27.8. The third-order valence-corrected chi connectivity index (χ3v) is 6.28. The molecule has 32 heavy (non-hydrogen) atoms. The Balaban J connectivity index is 1.60. The van der Waals surface area contributed by atoms with Crippen molar-refractivity contribution < 1.29 is 18.0 Å². The maximum atomic E-state index is 12.6. The molecule has 0 saturated heterocycles. The van der Waals surface area contributed by atoms with Crippen LogP contribution in [0.25, 0.3) is 0 Å². The number of hydrogen-bond acceptors (Lipinski definition) is 4. The summed E-state index contributed by atoms with van der Waals surface area (Å²) in [6.45, 7) is 3.60. The number of carbonyl (C=O) groups is 2. The van der Waals surface area contributed by atoms with Gasteiger partial charge in [0.2, 0.25) is 5.91 Å². The third kappa shape index (κ3) is 5.73. The van der Waals surface area contributed by atoms with Gasteiger partial charge in [-0.3, -0.25) is 14.3 Å². The average Bonchev–Trinajstić information content (AvgIpc) is 2.79. The lowest BCUT2D eigenvalue weighted by Crippen LogP contribution is -2.33. The van der Waals surface area contributed by atoms with E-state index in [0.717, 1.165) is 17.5 Å². The average molecular weight is 452 g/mol. The molecule has 166 valence electrons. The third-order valence-electron chi connectivity index (χ3n) is 4.90. The minimum absolute atomic E-state index is 0.0335. The first-order valence-corrected chi connectivity index (χ1v) is 11.6. The summed E-state index contributed by atoms with van der Waals surface area (Å²) in [6, 6.07) is 20.0. The Kier molecular flexibility index (Phi) is 7.27. The molecule has 8 heteroatoms. The van der Waals surface area contributed by atoms with Crippen LogP contribution in [0.2, 0.25) is 0 Å². The molecule has 0 aliphatic heterocycles. The highest BCUT2D eigenvalue weighted by molar-refractivity contribution is 7.92. The zero-order valence-electron chi connectivity index (χ0n) is 17.9. The normalized spacial score (nSPS) is 10.9. The van der Waals surface area contributed by atoms with Crippen molar-refractivity contribution in [3.63, 3.8) is 0 Å². The Morgan fingerprint density at radius 3 is 2.12 bits per heavy atom. The number of sulfonamides is 1. The number of rotatable bonds is 8. The zero-order chi connectivity index (χ0) is 23.1. The van der Waals surface area contributed by atoms with Crippen molar-refractivity contribution >= 4 is 33.2 Å². The lowest BCUT2D eigenvalue weighted by atomic mass is 10.1. The second kappa shape index (κ2) is 10.1. The summed E-state index contributed by atoms with van der Waals surface area (Å²) in [7, 11) is -3.79. The molecule has 0 bridgehead atoms. The van der Waals surface area contributed by atoms with Crippen LogP contribution in [0.15, 0.2) is 77.7 Å². The van der Waals surface area contributed by atoms with Gasteiger partial charge in [-0.25, -0.2) is 8.42 Å². The Bertz CT molecular complexity index is 1220. The van der Waals surface area contributed by atoms with Gasteiger partial charge in [-0.2, -0.15) is 0 Å². The number of carbonyl (C=O) groups excluding carboxylic acids is 2. The van der Waals surface area contributed by atoms with Gasteiger partial charge in [0.1, 0.15) is 0 Å². The number of anilines is 2. The van der Waals surface area contributed by atoms with E-state index in [-0.39, 0.29) is 22.9 Å². The molecule has 0 aliphatic carbocycles. The lowest BCUT2D eigenvalue weighted by molar-refractivity contribution is -0.115. The molecule has 0 atom stereocenters. The first-order chi connectivity index (χ1) is 15.3. The molecule has 3 aromatic rings. The number of para-hydroxylation sites is 2. The van der Waals surface area contributed by atoms with Gasteiger partial charge >= 0.3 is 0 Å². The van der Waals surface area contributed by atoms with Crippen LogP contribution in [0.5, 0.6) is 0 Å². The highest BCUT2D eigenvalue weighted by Crippen LogP contribution is 2.20. The van der Waals surface area contributed by atoms with Gasteiger partial charge < -0.3 is 10.6 Å². The predicted molar refractivity (Wildman–Crippen MR) is 125 cm³/mol. The lowest BCUT2D eigenvalue weighted by Gasteiger charge is -2.11. The Morgan fingerprint density at radius 1 is 0.844 bits per heavy atom. The van der Waals surface area contributed by atoms with Crippen molar-refractivity contribution in [2.24, 2.45) is 0 Å². The number of nitrogens with one attached hydrogen (secondary N) is 3. The van der Waals surface area contributed by atoms with E-state index in [1.54, 1.807) is 12.1 Å².